The van der Waals surface area contributed by atoms with E-state index in [1.807, 2.05) is 25.1 Å². The van der Waals surface area contributed by atoms with Gasteiger partial charge in [-0.25, -0.2) is 0 Å². The zero-order chi connectivity index (χ0) is 15.0. The van der Waals surface area contributed by atoms with Crippen LogP contribution in [0.2, 0.25) is 0 Å². The van der Waals surface area contributed by atoms with Crippen molar-refractivity contribution in [1.29, 1.82) is 0 Å². The summed E-state index contributed by atoms with van der Waals surface area (Å²) in [5.74, 6) is 0.199. The third kappa shape index (κ3) is 5.11. The Balaban J connectivity index is 2.79. The average Bonchev–Trinajstić information content (AvgIpc) is 2.42. The van der Waals surface area contributed by atoms with Gasteiger partial charge in [-0.05, 0) is 28.4 Å². The molecule has 3 N–H and O–H groups in total. The number of ether oxygens (including phenoxy) is 2. The molecule has 1 amide bonds. The highest BCUT2D eigenvalue weighted by molar-refractivity contribution is 9.10. The zero-order valence-corrected chi connectivity index (χ0v) is 13.4. The molecule has 0 aliphatic heterocycles. The predicted molar refractivity (Wildman–Crippen MR) is 81.6 cm³/mol. The van der Waals surface area contributed by atoms with Gasteiger partial charge in [0.2, 0.25) is 0 Å². The Hall–Kier alpha value is -1.11. The fourth-order valence-corrected chi connectivity index (χ4v) is 2.21. The number of nitrogens with one attached hydrogen (secondary N) is 1. The molecule has 0 spiro atoms. The van der Waals surface area contributed by atoms with Gasteiger partial charge < -0.3 is 20.5 Å². The van der Waals surface area contributed by atoms with E-state index in [9.17, 15) is 4.79 Å². The second-order valence-corrected chi connectivity index (χ2v) is 5.17. The van der Waals surface area contributed by atoms with E-state index < -0.39 is 12.0 Å². The van der Waals surface area contributed by atoms with E-state index in [1.165, 1.54) is 0 Å². The van der Waals surface area contributed by atoms with Crippen molar-refractivity contribution in [1.82, 2.24) is 5.32 Å². The summed E-state index contributed by atoms with van der Waals surface area (Å²) in [6.07, 6.45) is -0.0841. The van der Waals surface area contributed by atoms with Crippen molar-refractivity contribution in [2.24, 2.45) is 5.73 Å². The van der Waals surface area contributed by atoms with Crippen LogP contribution in [-0.2, 0) is 16.1 Å². The normalized spacial score (nSPS) is 12.2. The molecule has 1 aromatic rings. The maximum atomic E-state index is 11.3. The van der Waals surface area contributed by atoms with Crippen LogP contribution >= 0.6 is 15.9 Å². The smallest absolute Gasteiger partial charge is 0.258 e. The molecule has 0 fully saturated rings. The molecule has 5 nitrogen and oxygen atoms in total. The van der Waals surface area contributed by atoms with Gasteiger partial charge in [-0.1, -0.05) is 19.1 Å². The van der Waals surface area contributed by atoms with E-state index >= 15 is 0 Å². The van der Waals surface area contributed by atoms with Crippen LogP contribution in [0, 0.1) is 0 Å². The number of hydrogen-bond donors (Lipinski definition) is 2. The first-order valence-electron chi connectivity index (χ1n) is 6.53. The third-order valence-electron chi connectivity index (χ3n) is 2.80. The summed E-state index contributed by atoms with van der Waals surface area (Å²) >= 11 is 3.45. The van der Waals surface area contributed by atoms with E-state index in [2.05, 4.69) is 21.2 Å². The summed E-state index contributed by atoms with van der Waals surface area (Å²) < 4.78 is 11.5. The van der Waals surface area contributed by atoms with Gasteiger partial charge in [-0.3, -0.25) is 4.79 Å². The number of halogens is 1. The standard InChI is InChI=1S/C14H21BrN2O3/c1-3-12(14(16)18)20-13-10(5-4-6-11(13)15)9-17-7-8-19-2/h4-6,12,17H,3,7-9H2,1-2H3,(H2,16,18). The summed E-state index contributed by atoms with van der Waals surface area (Å²) in [6.45, 7) is 3.88. The highest BCUT2D eigenvalue weighted by Crippen LogP contribution is 2.30. The van der Waals surface area contributed by atoms with Crippen LogP contribution in [0.15, 0.2) is 22.7 Å². The lowest BCUT2D eigenvalue weighted by Crippen LogP contribution is -2.33. The van der Waals surface area contributed by atoms with Crippen LogP contribution in [0.4, 0.5) is 0 Å². The number of carbonyl (C=O) groups is 1. The average molecular weight is 345 g/mol. The number of hydrogen-bond acceptors (Lipinski definition) is 4. The van der Waals surface area contributed by atoms with Crippen LogP contribution in [-0.4, -0.2) is 32.3 Å². The Kier molecular flexibility index (Phi) is 7.58. The lowest BCUT2D eigenvalue weighted by Gasteiger charge is -2.18. The molecule has 0 aromatic heterocycles. The highest BCUT2D eigenvalue weighted by atomic mass is 79.9. The Morgan fingerprint density at radius 1 is 1.50 bits per heavy atom. The molecular weight excluding hydrogens is 324 g/mol. The third-order valence-corrected chi connectivity index (χ3v) is 3.42. The minimum absolute atomic E-state index is 0.457. The second-order valence-electron chi connectivity index (χ2n) is 4.31. The first-order chi connectivity index (χ1) is 9.60. The van der Waals surface area contributed by atoms with Gasteiger partial charge in [-0.15, -0.1) is 0 Å². The van der Waals surface area contributed by atoms with E-state index in [1.54, 1.807) is 7.11 Å². The molecule has 0 saturated carbocycles. The van der Waals surface area contributed by atoms with E-state index in [-0.39, 0.29) is 0 Å². The molecule has 0 radical (unpaired) electrons. The molecule has 20 heavy (non-hydrogen) atoms. The van der Waals surface area contributed by atoms with Crippen LogP contribution in [0.25, 0.3) is 0 Å². The van der Waals surface area contributed by atoms with Crippen molar-refractivity contribution < 1.29 is 14.3 Å². The molecule has 6 heteroatoms. The zero-order valence-electron chi connectivity index (χ0n) is 11.8. The molecule has 0 saturated heterocycles. The van der Waals surface area contributed by atoms with Gasteiger partial charge in [0.1, 0.15) is 5.75 Å². The maximum absolute atomic E-state index is 11.3. The van der Waals surface area contributed by atoms with Crippen molar-refractivity contribution in [3.63, 3.8) is 0 Å². The molecule has 112 valence electrons. The number of rotatable bonds is 9. The molecule has 0 heterocycles. The largest absolute Gasteiger partial charge is 0.479 e. The van der Waals surface area contributed by atoms with E-state index in [0.717, 1.165) is 16.6 Å². The Bertz CT molecular complexity index is 440. The van der Waals surface area contributed by atoms with Crippen LogP contribution in [0.5, 0.6) is 5.75 Å². The van der Waals surface area contributed by atoms with Gasteiger partial charge in [0.25, 0.3) is 5.91 Å². The van der Waals surface area contributed by atoms with Crippen LogP contribution in [0.1, 0.15) is 18.9 Å². The summed E-state index contributed by atoms with van der Waals surface area (Å²) in [5.41, 5.74) is 6.29. The Morgan fingerprint density at radius 2 is 2.25 bits per heavy atom. The van der Waals surface area contributed by atoms with Gasteiger partial charge in [-0.2, -0.15) is 0 Å². The van der Waals surface area contributed by atoms with E-state index in [4.69, 9.17) is 15.2 Å². The number of para-hydroxylation sites is 1. The number of carbonyl (C=O) groups excluding carboxylic acids is 1. The van der Waals surface area contributed by atoms with Gasteiger partial charge in [0.05, 0.1) is 11.1 Å². The number of methoxy groups -OCH3 is 1. The molecule has 1 rings (SSSR count). The quantitative estimate of drug-likeness (QED) is 0.670. The van der Waals surface area contributed by atoms with Crippen LogP contribution in [0.3, 0.4) is 0 Å². The number of amides is 1. The first kappa shape index (κ1) is 16.9. The number of benzene rings is 1. The molecular formula is C14H21BrN2O3. The predicted octanol–water partition coefficient (Wildman–Crippen LogP) is 1.83. The van der Waals surface area contributed by atoms with Crippen molar-refractivity contribution in [3.05, 3.63) is 28.2 Å². The minimum atomic E-state index is -0.619. The molecule has 0 aliphatic carbocycles. The van der Waals surface area contributed by atoms with Gasteiger partial charge in [0.15, 0.2) is 6.10 Å². The number of primary amides is 1. The second kappa shape index (κ2) is 8.94. The molecule has 0 aliphatic rings. The minimum Gasteiger partial charge on any atom is -0.479 e. The van der Waals surface area contributed by atoms with Crippen LogP contribution < -0.4 is 15.8 Å². The lowest BCUT2D eigenvalue weighted by atomic mass is 10.2. The summed E-state index contributed by atoms with van der Waals surface area (Å²) in [5, 5.41) is 3.25. The van der Waals surface area contributed by atoms with Gasteiger partial charge in [0, 0.05) is 25.8 Å². The maximum Gasteiger partial charge on any atom is 0.258 e. The van der Waals surface area contributed by atoms with Crippen molar-refractivity contribution >= 4 is 21.8 Å². The summed E-state index contributed by atoms with van der Waals surface area (Å²) in [7, 11) is 1.66. The molecule has 1 atom stereocenters. The van der Waals surface area contributed by atoms with Crippen molar-refractivity contribution in [2.75, 3.05) is 20.3 Å². The SMILES string of the molecule is CCC(Oc1c(Br)cccc1CNCCOC)C(N)=O. The van der Waals surface area contributed by atoms with Crippen molar-refractivity contribution in [3.8, 4) is 5.75 Å². The summed E-state index contributed by atoms with van der Waals surface area (Å²) in [4.78, 5) is 11.3. The molecule has 0 bridgehead atoms. The molecule has 1 aromatic carbocycles. The number of nitrogens with two attached hydrogens (primary N) is 1. The molecule has 1 unspecified atom stereocenters. The first-order valence-corrected chi connectivity index (χ1v) is 7.32. The fraction of sp³-hybridized carbons (Fsp3) is 0.500. The Labute approximate surface area is 127 Å². The highest BCUT2D eigenvalue weighted by Gasteiger charge is 2.18. The summed E-state index contributed by atoms with van der Waals surface area (Å²) in [6, 6.07) is 5.75. The topological polar surface area (TPSA) is 73.6 Å². The van der Waals surface area contributed by atoms with Crippen molar-refractivity contribution in [2.45, 2.75) is 26.0 Å². The van der Waals surface area contributed by atoms with E-state index in [0.29, 0.717) is 25.3 Å². The lowest BCUT2D eigenvalue weighted by molar-refractivity contribution is -0.124. The fourth-order valence-electron chi connectivity index (χ4n) is 1.71. The van der Waals surface area contributed by atoms with Gasteiger partial charge >= 0.3 is 0 Å². The Morgan fingerprint density at radius 3 is 2.85 bits per heavy atom. The monoisotopic (exact) mass is 344 g/mol.